The lowest BCUT2D eigenvalue weighted by Crippen LogP contribution is -2.71. The Hall–Kier alpha value is -3.50. The summed E-state index contributed by atoms with van der Waals surface area (Å²) in [5.74, 6) is -2.90. The van der Waals surface area contributed by atoms with Crippen molar-refractivity contribution in [2.24, 2.45) is 5.16 Å². The molecule has 0 spiro atoms. The normalized spacial score (nSPS) is 27.5. The lowest BCUT2D eigenvalue weighted by molar-refractivity contribution is -0.150. The van der Waals surface area contributed by atoms with Gasteiger partial charge in [-0.2, -0.15) is 9.36 Å². The molecule has 190 valence electrons. The molecule has 3 saturated heterocycles. The number of oxime groups is 1. The summed E-state index contributed by atoms with van der Waals surface area (Å²) >= 11 is 2.07. The molecule has 5 rings (SSSR count). The van der Waals surface area contributed by atoms with Crippen molar-refractivity contribution in [1.82, 2.24) is 29.8 Å². The minimum Gasteiger partial charge on any atom is -0.477 e. The number of nitrogens with two attached hydrogens (primary N) is 1. The van der Waals surface area contributed by atoms with E-state index in [4.69, 9.17) is 5.73 Å². The van der Waals surface area contributed by atoms with E-state index < -0.39 is 34.9 Å². The highest BCUT2D eigenvalue weighted by molar-refractivity contribution is 8.00. The molecular weight excluding hydrogens is 512 g/mol. The second-order valence-electron chi connectivity index (χ2n) is 8.51. The van der Waals surface area contributed by atoms with E-state index in [1.54, 1.807) is 6.08 Å². The van der Waals surface area contributed by atoms with Crippen molar-refractivity contribution in [2.75, 3.05) is 31.1 Å². The van der Waals surface area contributed by atoms with Gasteiger partial charge in [0, 0.05) is 42.0 Å². The maximum Gasteiger partial charge on any atom is 0.352 e. The van der Waals surface area contributed by atoms with Crippen molar-refractivity contribution in [2.45, 2.75) is 30.3 Å². The van der Waals surface area contributed by atoms with Crippen LogP contribution in [0.15, 0.2) is 28.1 Å². The molecule has 1 aromatic rings. The first-order valence-corrected chi connectivity index (χ1v) is 12.9. The number of β-lactam (4-membered cyclic amide) rings is 1. The lowest BCUT2D eigenvalue weighted by Gasteiger charge is -2.49. The number of nitrogens with zero attached hydrogens (tertiary/aromatic N) is 5. The molecule has 3 amide bonds. The second kappa shape index (κ2) is 9.51. The first-order valence-electron chi connectivity index (χ1n) is 11.1. The molecule has 1 aromatic heterocycles. The third-order valence-electron chi connectivity index (χ3n) is 6.44. The Labute approximate surface area is 212 Å². The molecule has 3 fully saturated rings. The topological polar surface area (TPSA) is 203 Å². The zero-order valence-electron chi connectivity index (χ0n) is 18.7. The molecule has 16 heteroatoms. The van der Waals surface area contributed by atoms with E-state index in [9.17, 15) is 29.5 Å². The number of thioether (sulfide) groups is 1. The highest BCUT2D eigenvalue weighted by Gasteiger charge is 2.54. The number of rotatable bonds is 6. The predicted octanol–water partition coefficient (Wildman–Crippen LogP) is -1.44. The number of likely N-dealkylation sites (tertiary alicyclic amines) is 1. The highest BCUT2D eigenvalue weighted by Crippen LogP contribution is 2.41. The number of amides is 3. The summed E-state index contributed by atoms with van der Waals surface area (Å²) in [5.41, 5.74) is 5.67. The molecule has 3 atom stereocenters. The van der Waals surface area contributed by atoms with E-state index in [0.29, 0.717) is 24.1 Å². The molecule has 0 saturated carbocycles. The van der Waals surface area contributed by atoms with Crippen LogP contribution in [0.3, 0.4) is 0 Å². The maximum atomic E-state index is 12.9. The summed E-state index contributed by atoms with van der Waals surface area (Å²) in [5, 5.41) is 27.1. The Bertz CT molecular complexity index is 1240. The highest BCUT2D eigenvalue weighted by atomic mass is 32.2. The van der Waals surface area contributed by atoms with Crippen LogP contribution in [0.25, 0.3) is 0 Å². The Morgan fingerprint density at radius 3 is 2.78 bits per heavy atom. The van der Waals surface area contributed by atoms with E-state index in [0.717, 1.165) is 35.9 Å². The minimum atomic E-state index is -1.30. The number of nitrogen functional groups attached to an aromatic ring is 1. The Morgan fingerprint density at radius 2 is 2.14 bits per heavy atom. The van der Waals surface area contributed by atoms with Gasteiger partial charge in [0.05, 0.1) is 0 Å². The Balaban J connectivity index is 1.33. The maximum absolute atomic E-state index is 12.9. The van der Waals surface area contributed by atoms with Crippen LogP contribution in [0.2, 0.25) is 0 Å². The molecule has 1 unspecified atom stereocenters. The average Bonchev–Trinajstić information content (AvgIpc) is 3.60. The van der Waals surface area contributed by atoms with Gasteiger partial charge in [-0.1, -0.05) is 5.16 Å². The molecule has 4 aliphatic rings. The van der Waals surface area contributed by atoms with E-state index in [1.807, 2.05) is 4.90 Å². The van der Waals surface area contributed by atoms with Gasteiger partial charge >= 0.3 is 5.97 Å². The lowest BCUT2D eigenvalue weighted by atomic mass is 10.0. The summed E-state index contributed by atoms with van der Waals surface area (Å²) in [7, 11) is 0. The zero-order chi connectivity index (χ0) is 25.6. The molecule has 6 N–H and O–H groups in total. The quantitative estimate of drug-likeness (QED) is 0.0939. The van der Waals surface area contributed by atoms with Crippen molar-refractivity contribution < 1.29 is 29.5 Å². The van der Waals surface area contributed by atoms with E-state index in [2.05, 4.69) is 25.1 Å². The van der Waals surface area contributed by atoms with Gasteiger partial charge in [0.15, 0.2) is 5.13 Å². The van der Waals surface area contributed by atoms with Crippen molar-refractivity contribution in [3.63, 3.8) is 0 Å². The Kier molecular flexibility index (Phi) is 6.40. The molecule has 14 nitrogen and oxygen atoms in total. The number of hydrogen-bond donors (Lipinski definition) is 5. The van der Waals surface area contributed by atoms with Crippen LogP contribution in [0.4, 0.5) is 5.13 Å². The number of carboxylic acids is 1. The van der Waals surface area contributed by atoms with Crippen LogP contribution >= 0.6 is 23.3 Å². The van der Waals surface area contributed by atoms with Crippen LogP contribution in [-0.2, 0) is 19.2 Å². The average molecular weight is 535 g/mol. The molecule has 4 aliphatic heterocycles. The van der Waals surface area contributed by atoms with Crippen molar-refractivity contribution >= 4 is 57.8 Å². The molecular formula is C20H22N8O6S2. The van der Waals surface area contributed by atoms with Crippen molar-refractivity contribution in [3.05, 3.63) is 28.7 Å². The van der Waals surface area contributed by atoms with Gasteiger partial charge in [-0.05, 0) is 31.0 Å². The van der Waals surface area contributed by atoms with Crippen molar-refractivity contribution in [3.8, 4) is 0 Å². The van der Waals surface area contributed by atoms with Gasteiger partial charge < -0.3 is 31.6 Å². The molecule has 36 heavy (non-hydrogen) atoms. The number of anilines is 1. The van der Waals surface area contributed by atoms with Gasteiger partial charge in [-0.15, -0.1) is 11.8 Å². The first-order chi connectivity index (χ1) is 17.3. The van der Waals surface area contributed by atoms with Crippen LogP contribution in [0.1, 0.15) is 18.7 Å². The smallest absolute Gasteiger partial charge is 0.352 e. The number of carbonyl (C=O) groups excluding carboxylic acids is 3. The third kappa shape index (κ3) is 4.10. The standard InChI is InChI=1S/C20H22N8O6S2/c21-20-24-14(26-36-20)11(25-34)15(29)23-12-17(31)28-13(19(32)33)9(7-35-18(12)28)5-8-2-4-27(16(8)30)10-1-3-22-6-10/h5,10,12,18,22,34H,1-4,6-7H2,(H,23,29)(H,32,33)(H2,21,24,26)/b8-5+,25-11-/t10-,12?,18-/m1/s1. The fourth-order valence-corrected chi connectivity index (χ4v) is 6.46. The SMILES string of the molecule is Nc1nc(/C(=N/O)C(=O)NC2C(=O)N3C(C(=O)O)=C(/C=C4\CCN([C@@H]5CCNC5)C4=O)CS[C@H]23)ns1. The minimum absolute atomic E-state index is 0.0642. The fraction of sp³-hybridized carbons (Fsp3) is 0.450. The van der Waals surface area contributed by atoms with Gasteiger partial charge in [0.2, 0.25) is 17.4 Å². The summed E-state index contributed by atoms with van der Waals surface area (Å²) in [4.78, 5) is 57.3. The molecule has 0 aliphatic carbocycles. The number of carboxylic acid groups (broad SMARTS) is 1. The van der Waals surface area contributed by atoms with Gasteiger partial charge in [0.1, 0.15) is 17.1 Å². The van der Waals surface area contributed by atoms with Crippen molar-refractivity contribution in [1.29, 1.82) is 0 Å². The molecule has 5 heterocycles. The van der Waals surface area contributed by atoms with E-state index in [1.165, 1.54) is 11.8 Å². The largest absolute Gasteiger partial charge is 0.477 e. The van der Waals surface area contributed by atoms with Crippen LogP contribution in [0, 0.1) is 0 Å². The first kappa shape index (κ1) is 24.2. The number of fused-ring (bicyclic) bond motifs is 1. The van der Waals surface area contributed by atoms with Gasteiger partial charge in [-0.3, -0.25) is 19.3 Å². The van der Waals surface area contributed by atoms with Crippen LogP contribution in [-0.4, -0.2) is 102 Å². The summed E-state index contributed by atoms with van der Waals surface area (Å²) in [6.07, 6.45) is 2.97. The predicted molar refractivity (Wildman–Crippen MR) is 128 cm³/mol. The van der Waals surface area contributed by atoms with Crippen LogP contribution in [0.5, 0.6) is 0 Å². The number of carbonyl (C=O) groups is 4. The number of aliphatic carboxylic acids is 1. The molecule has 0 bridgehead atoms. The second-order valence-corrected chi connectivity index (χ2v) is 10.4. The number of nitrogens with one attached hydrogen (secondary N) is 2. The third-order valence-corrected chi connectivity index (χ3v) is 8.28. The fourth-order valence-electron chi connectivity index (χ4n) is 4.72. The molecule has 0 aromatic carbocycles. The number of aromatic nitrogens is 2. The Morgan fingerprint density at radius 1 is 1.33 bits per heavy atom. The van der Waals surface area contributed by atoms with E-state index in [-0.39, 0.29) is 34.4 Å². The summed E-state index contributed by atoms with van der Waals surface area (Å²) in [6, 6.07) is -0.914. The summed E-state index contributed by atoms with van der Waals surface area (Å²) in [6.45, 7) is 2.17. The van der Waals surface area contributed by atoms with Crippen LogP contribution < -0.4 is 16.4 Å². The zero-order valence-corrected chi connectivity index (χ0v) is 20.3. The summed E-state index contributed by atoms with van der Waals surface area (Å²) < 4.78 is 3.82. The van der Waals surface area contributed by atoms with E-state index >= 15 is 0 Å². The number of allylic oxidation sites excluding steroid dienone is 1. The van der Waals surface area contributed by atoms with Gasteiger partial charge in [0.25, 0.3) is 11.8 Å². The molecule has 0 radical (unpaired) electrons. The van der Waals surface area contributed by atoms with Gasteiger partial charge in [-0.25, -0.2) is 4.79 Å². The monoisotopic (exact) mass is 534 g/mol. The number of hydrogen-bond acceptors (Lipinski definition) is 12.